The van der Waals surface area contributed by atoms with Crippen molar-refractivity contribution in [2.24, 2.45) is 10.9 Å². The van der Waals surface area contributed by atoms with E-state index < -0.39 is 24.0 Å². The van der Waals surface area contributed by atoms with Crippen molar-refractivity contribution in [3.05, 3.63) is 23.4 Å². The van der Waals surface area contributed by atoms with Crippen LogP contribution in [0.25, 0.3) is 0 Å². The standard InChI is InChI=1S/C27H37F2N5O3S/c1-14(16-5-6-16)32-21-11-19(24(28)29)20(12-30-21)23(38)22(26(36)34-17-7-8-18(34)10-9-17)33-15(2)25(35)31-13-27(3,4)37/h11-12,14,16-18,22,24,37H,5-10,13H2,1-4H3,(H,30,32)(H,31,35)/t14-,17?,18?,22?/m0/s1. The van der Waals surface area contributed by atoms with Gasteiger partial charge in [-0.1, -0.05) is 12.2 Å². The molecule has 2 aliphatic heterocycles. The lowest BCUT2D eigenvalue weighted by atomic mass is 10.0. The number of carbonyl (C=O) groups is 2. The molecular formula is C27H37F2N5O3S. The summed E-state index contributed by atoms with van der Waals surface area (Å²) in [6.07, 6.45) is 4.16. The summed E-state index contributed by atoms with van der Waals surface area (Å²) in [7, 11) is 0. The smallest absolute Gasteiger partial charge is 0.265 e. The molecule has 1 aromatic heterocycles. The van der Waals surface area contributed by atoms with E-state index in [0.29, 0.717) is 11.7 Å². The van der Waals surface area contributed by atoms with E-state index in [2.05, 4.69) is 20.6 Å². The summed E-state index contributed by atoms with van der Waals surface area (Å²) in [4.78, 5) is 36.9. The van der Waals surface area contributed by atoms with E-state index in [1.807, 2.05) is 6.92 Å². The van der Waals surface area contributed by atoms with Crippen LogP contribution in [0.15, 0.2) is 17.3 Å². The van der Waals surface area contributed by atoms with E-state index in [9.17, 15) is 23.5 Å². The molecule has 3 N–H and O–H groups in total. The van der Waals surface area contributed by atoms with Crippen LogP contribution in [0.1, 0.15) is 83.8 Å². The number of hydrogen-bond acceptors (Lipinski definition) is 7. The molecular weight excluding hydrogens is 512 g/mol. The molecule has 208 valence electrons. The molecule has 2 saturated heterocycles. The summed E-state index contributed by atoms with van der Waals surface area (Å²) < 4.78 is 28.5. The van der Waals surface area contributed by atoms with Crippen LogP contribution in [0.3, 0.4) is 0 Å². The molecule has 0 aromatic carbocycles. The second-order valence-electron chi connectivity index (χ2n) is 11.4. The fourth-order valence-electron chi connectivity index (χ4n) is 5.35. The monoisotopic (exact) mass is 549 g/mol. The molecule has 1 saturated carbocycles. The van der Waals surface area contributed by atoms with Crippen molar-refractivity contribution in [1.29, 1.82) is 0 Å². The van der Waals surface area contributed by atoms with Gasteiger partial charge in [0, 0.05) is 42.0 Å². The van der Waals surface area contributed by atoms with Gasteiger partial charge in [0.1, 0.15) is 5.82 Å². The molecule has 0 radical (unpaired) electrons. The first-order valence-corrected chi connectivity index (χ1v) is 13.7. The first kappa shape index (κ1) is 28.5. The highest BCUT2D eigenvalue weighted by atomic mass is 32.1. The molecule has 11 heteroatoms. The molecule has 1 aliphatic carbocycles. The number of anilines is 1. The molecule has 4 rings (SSSR count). The minimum atomic E-state index is -2.85. The van der Waals surface area contributed by atoms with Gasteiger partial charge in [-0.15, -0.1) is 0 Å². The van der Waals surface area contributed by atoms with Crippen LogP contribution in [-0.4, -0.2) is 73.7 Å². The van der Waals surface area contributed by atoms with Crippen molar-refractivity contribution in [2.45, 2.75) is 102 Å². The van der Waals surface area contributed by atoms with E-state index in [1.54, 1.807) is 18.7 Å². The number of aliphatic hydroxyl groups is 1. The van der Waals surface area contributed by atoms with E-state index in [-0.39, 0.29) is 52.3 Å². The lowest BCUT2D eigenvalue weighted by molar-refractivity contribution is -0.132. The fraction of sp³-hybridized carbons (Fsp3) is 0.667. The summed E-state index contributed by atoms with van der Waals surface area (Å²) in [5.74, 6) is -0.111. The van der Waals surface area contributed by atoms with Gasteiger partial charge >= 0.3 is 0 Å². The summed E-state index contributed by atoms with van der Waals surface area (Å²) in [5.41, 5.74) is -1.50. The van der Waals surface area contributed by atoms with Crippen molar-refractivity contribution >= 4 is 40.4 Å². The van der Waals surface area contributed by atoms with Gasteiger partial charge in [-0.25, -0.2) is 13.8 Å². The molecule has 1 aromatic rings. The van der Waals surface area contributed by atoms with E-state index in [1.165, 1.54) is 19.2 Å². The fourth-order valence-corrected chi connectivity index (χ4v) is 5.67. The van der Waals surface area contributed by atoms with E-state index in [0.717, 1.165) is 38.5 Å². The van der Waals surface area contributed by atoms with Crippen molar-refractivity contribution in [3.63, 3.8) is 0 Å². The number of hydrogen-bond donors (Lipinski definition) is 3. The summed E-state index contributed by atoms with van der Waals surface area (Å²) in [5, 5.41) is 15.7. The van der Waals surface area contributed by atoms with Crippen LogP contribution in [0, 0.1) is 5.92 Å². The quantitative estimate of drug-likeness (QED) is 0.220. The molecule has 38 heavy (non-hydrogen) atoms. The zero-order valence-electron chi connectivity index (χ0n) is 22.3. The number of aromatic nitrogens is 1. The lowest BCUT2D eigenvalue weighted by Crippen LogP contribution is -2.46. The van der Waals surface area contributed by atoms with Crippen molar-refractivity contribution in [1.82, 2.24) is 15.2 Å². The maximum absolute atomic E-state index is 14.2. The van der Waals surface area contributed by atoms with Crippen LogP contribution in [0.5, 0.6) is 0 Å². The van der Waals surface area contributed by atoms with Crippen LogP contribution in [0.4, 0.5) is 14.6 Å². The third-order valence-corrected chi connectivity index (χ3v) is 8.11. The Labute approximate surface area is 227 Å². The first-order chi connectivity index (χ1) is 17.9. The molecule has 2 atom stereocenters. The molecule has 0 spiro atoms. The van der Waals surface area contributed by atoms with Crippen molar-refractivity contribution in [3.8, 4) is 0 Å². The van der Waals surface area contributed by atoms with Gasteiger partial charge in [0.25, 0.3) is 18.2 Å². The third kappa shape index (κ3) is 6.54. The van der Waals surface area contributed by atoms with Crippen molar-refractivity contribution < 1.29 is 23.5 Å². The van der Waals surface area contributed by atoms with E-state index in [4.69, 9.17) is 12.2 Å². The van der Waals surface area contributed by atoms with Gasteiger partial charge in [-0.3, -0.25) is 14.6 Å². The topological polar surface area (TPSA) is 107 Å². The van der Waals surface area contributed by atoms with Crippen LogP contribution in [0.2, 0.25) is 0 Å². The highest BCUT2D eigenvalue weighted by Crippen LogP contribution is 2.39. The van der Waals surface area contributed by atoms with Gasteiger partial charge < -0.3 is 20.6 Å². The van der Waals surface area contributed by atoms with Gasteiger partial charge in [0.15, 0.2) is 6.04 Å². The second-order valence-corrected chi connectivity index (χ2v) is 11.9. The summed E-state index contributed by atoms with van der Waals surface area (Å²) >= 11 is 5.65. The SMILES string of the molecule is CC(=NC(C(=O)N1C2CCC1CC2)C(=S)c1cnc(N[C@@H](C)C2CC2)cc1C(F)F)C(=O)NCC(C)(C)O. The summed E-state index contributed by atoms with van der Waals surface area (Å²) in [6, 6.07) is 0.225. The van der Waals surface area contributed by atoms with Crippen LogP contribution >= 0.6 is 12.2 Å². The number of pyridine rings is 1. The number of fused-ring (bicyclic) bond motifs is 2. The zero-order valence-corrected chi connectivity index (χ0v) is 23.2. The number of halogens is 2. The molecule has 1 unspecified atom stereocenters. The number of thiocarbonyl (C=S) groups is 1. The Morgan fingerprint density at radius 3 is 2.34 bits per heavy atom. The minimum absolute atomic E-state index is 0.0158. The van der Waals surface area contributed by atoms with Gasteiger partial charge in [0.05, 0.1) is 16.2 Å². The predicted octanol–water partition coefficient (Wildman–Crippen LogP) is 3.82. The van der Waals surface area contributed by atoms with Gasteiger partial charge in [-0.2, -0.15) is 0 Å². The van der Waals surface area contributed by atoms with Crippen LogP contribution < -0.4 is 10.6 Å². The predicted molar refractivity (Wildman–Crippen MR) is 146 cm³/mol. The Kier molecular flexibility index (Phi) is 8.46. The normalized spacial score (nSPS) is 22.9. The molecule has 2 amide bonds. The highest BCUT2D eigenvalue weighted by Gasteiger charge is 2.45. The number of amides is 2. The number of carbonyl (C=O) groups excluding carboxylic acids is 2. The number of rotatable bonds is 11. The Morgan fingerprint density at radius 2 is 1.82 bits per heavy atom. The number of nitrogens with zero attached hydrogens (tertiary/aromatic N) is 3. The maximum atomic E-state index is 14.2. The number of nitrogens with one attached hydrogen (secondary N) is 2. The molecule has 8 nitrogen and oxygen atoms in total. The zero-order chi connectivity index (χ0) is 27.8. The first-order valence-electron chi connectivity index (χ1n) is 13.3. The molecule has 2 bridgehead atoms. The Hall–Kier alpha value is -2.53. The average molecular weight is 550 g/mol. The summed E-state index contributed by atoms with van der Waals surface area (Å²) in [6.45, 7) is 6.52. The second kappa shape index (κ2) is 11.3. The maximum Gasteiger partial charge on any atom is 0.265 e. The Balaban J connectivity index is 1.64. The lowest BCUT2D eigenvalue weighted by Gasteiger charge is -2.27. The minimum Gasteiger partial charge on any atom is -0.389 e. The van der Waals surface area contributed by atoms with Crippen molar-refractivity contribution in [2.75, 3.05) is 11.9 Å². The average Bonchev–Trinajstić information content (AvgIpc) is 3.55. The van der Waals surface area contributed by atoms with Crippen LogP contribution in [-0.2, 0) is 9.59 Å². The van der Waals surface area contributed by atoms with Gasteiger partial charge in [0.2, 0.25) is 0 Å². The van der Waals surface area contributed by atoms with Gasteiger partial charge in [-0.05, 0) is 78.2 Å². The Bertz CT molecular complexity index is 1100. The third-order valence-electron chi connectivity index (χ3n) is 7.66. The molecule has 3 fully saturated rings. The number of aliphatic imine (C=N–C) groups is 1. The highest BCUT2D eigenvalue weighted by molar-refractivity contribution is 7.81. The number of alkyl halides is 2. The van der Waals surface area contributed by atoms with E-state index >= 15 is 0 Å². The molecule has 3 heterocycles. The molecule has 3 aliphatic rings. The Morgan fingerprint density at radius 1 is 1.21 bits per heavy atom. The largest absolute Gasteiger partial charge is 0.389 e.